The highest BCUT2D eigenvalue weighted by Crippen LogP contribution is 2.42. The number of nitrogens with zero attached hydrogens (tertiary/aromatic N) is 2. The molecule has 0 saturated carbocycles. The van der Waals surface area contributed by atoms with Crippen molar-refractivity contribution in [2.75, 3.05) is 31.6 Å². The van der Waals surface area contributed by atoms with E-state index in [4.69, 9.17) is 4.74 Å². The van der Waals surface area contributed by atoms with Crippen LogP contribution in [-0.4, -0.2) is 43.6 Å². The van der Waals surface area contributed by atoms with E-state index in [2.05, 4.69) is 5.32 Å². The van der Waals surface area contributed by atoms with Crippen LogP contribution in [0.4, 0.5) is 10.5 Å². The van der Waals surface area contributed by atoms with Crippen molar-refractivity contribution < 1.29 is 14.3 Å². The molecule has 2 aliphatic rings. The van der Waals surface area contributed by atoms with Gasteiger partial charge in [0.05, 0.1) is 7.11 Å². The Balaban J connectivity index is 1.37. The monoisotopic (exact) mass is 379 g/mol. The van der Waals surface area contributed by atoms with E-state index in [-0.39, 0.29) is 17.4 Å². The van der Waals surface area contributed by atoms with Gasteiger partial charge in [0.15, 0.2) is 0 Å². The van der Waals surface area contributed by atoms with E-state index in [9.17, 15) is 9.59 Å². The number of urea groups is 1. The number of amides is 3. The van der Waals surface area contributed by atoms with Crippen molar-refractivity contribution >= 4 is 17.6 Å². The van der Waals surface area contributed by atoms with Gasteiger partial charge < -0.3 is 19.9 Å². The van der Waals surface area contributed by atoms with E-state index in [1.807, 2.05) is 64.4 Å². The molecule has 1 atom stereocenters. The first kappa shape index (κ1) is 18.3. The molecule has 3 amide bonds. The molecular weight excluding hydrogens is 354 g/mol. The fourth-order valence-electron chi connectivity index (χ4n) is 4.16. The summed E-state index contributed by atoms with van der Waals surface area (Å²) in [5.41, 5.74) is 1.81. The summed E-state index contributed by atoms with van der Waals surface area (Å²) in [7, 11) is 1.63. The average molecular weight is 379 g/mol. The van der Waals surface area contributed by atoms with Crippen molar-refractivity contribution in [2.45, 2.75) is 19.4 Å². The van der Waals surface area contributed by atoms with Crippen LogP contribution in [0, 0.1) is 5.41 Å². The minimum atomic E-state index is -0.152. The van der Waals surface area contributed by atoms with Crippen LogP contribution in [0.1, 0.15) is 18.4 Å². The second kappa shape index (κ2) is 7.54. The number of rotatable bonds is 4. The average Bonchev–Trinajstić information content (AvgIpc) is 3.29. The predicted octanol–water partition coefficient (Wildman–Crippen LogP) is 3.03. The smallest absolute Gasteiger partial charge is 0.317 e. The zero-order valence-corrected chi connectivity index (χ0v) is 16.1. The predicted molar refractivity (Wildman–Crippen MR) is 107 cm³/mol. The third-order valence-electron chi connectivity index (χ3n) is 5.72. The molecule has 1 spiro atoms. The third kappa shape index (κ3) is 3.67. The molecule has 1 unspecified atom stereocenters. The van der Waals surface area contributed by atoms with E-state index in [0.29, 0.717) is 32.6 Å². The quantitative estimate of drug-likeness (QED) is 0.888. The summed E-state index contributed by atoms with van der Waals surface area (Å²) in [5, 5.41) is 2.99. The van der Waals surface area contributed by atoms with Gasteiger partial charge in [0.1, 0.15) is 5.75 Å². The van der Waals surface area contributed by atoms with Crippen LogP contribution < -0.4 is 15.0 Å². The van der Waals surface area contributed by atoms with Crippen LogP contribution in [0.25, 0.3) is 0 Å². The molecule has 0 aromatic heterocycles. The summed E-state index contributed by atoms with van der Waals surface area (Å²) < 4.78 is 5.19. The Labute approximate surface area is 165 Å². The first-order valence-electron chi connectivity index (χ1n) is 9.60. The van der Waals surface area contributed by atoms with Crippen molar-refractivity contribution in [1.82, 2.24) is 10.2 Å². The Hall–Kier alpha value is -3.02. The molecule has 6 heteroatoms. The number of hydrogen-bond donors (Lipinski definition) is 1. The van der Waals surface area contributed by atoms with Crippen molar-refractivity contribution in [1.29, 1.82) is 0 Å². The molecular formula is C22H25N3O3. The maximum Gasteiger partial charge on any atom is 0.317 e. The Kier molecular flexibility index (Phi) is 4.94. The zero-order chi connectivity index (χ0) is 19.6. The molecule has 2 heterocycles. The van der Waals surface area contributed by atoms with Gasteiger partial charge >= 0.3 is 6.03 Å². The second-order valence-electron chi connectivity index (χ2n) is 7.67. The molecule has 1 N–H and O–H groups in total. The van der Waals surface area contributed by atoms with Crippen molar-refractivity contribution in [3.8, 4) is 5.75 Å². The molecule has 146 valence electrons. The minimum absolute atomic E-state index is 0.0592. The maximum atomic E-state index is 12.7. The summed E-state index contributed by atoms with van der Waals surface area (Å²) in [6.45, 7) is 2.47. The number of nitrogens with one attached hydrogen (secondary N) is 1. The maximum absolute atomic E-state index is 12.7. The largest absolute Gasteiger partial charge is 0.497 e. The van der Waals surface area contributed by atoms with Gasteiger partial charge in [0.25, 0.3) is 0 Å². The molecule has 6 nitrogen and oxygen atoms in total. The summed E-state index contributed by atoms with van der Waals surface area (Å²) in [5.74, 6) is 0.893. The summed E-state index contributed by atoms with van der Waals surface area (Å²) in [4.78, 5) is 28.9. The first-order valence-corrected chi connectivity index (χ1v) is 9.60. The van der Waals surface area contributed by atoms with E-state index < -0.39 is 0 Å². The normalized spacial score (nSPS) is 21.4. The molecule has 0 aliphatic carbocycles. The van der Waals surface area contributed by atoms with Crippen LogP contribution in [0.3, 0.4) is 0 Å². The van der Waals surface area contributed by atoms with Gasteiger partial charge in [0, 0.05) is 43.7 Å². The Morgan fingerprint density at radius 2 is 1.86 bits per heavy atom. The number of carbonyl (C=O) groups excluding carboxylic acids is 2. The summed E-state index contributed by atoms with van der Waals surface area (Å²) >= 11 is 0. The molecule has 2 aromatic rings. The number of hydrogen-bond acceptors (Lipinski definition) is 3. The minimum Gasteiger partial charge on any atom is -0.497 e. The SMILES string of the molecule is COc1ccc(N2CC3(CCN(C(=O)NCc4ccccc4)C3)CC2=O)cc1. The fraction of sp³-hybridized carbons (Fsp3) is 0.364. The molecule has 28 heavy (non-hydrogen) atoms. The van der Waals surface area contributed by atoms with E-state index in [1.165, 1.54) is 0 Å². The Morgan fingerprint density at radius 1 is 1.11 bits per heavy atom. The first-order chi connectivity index (χ1) is 13.6. The highest BCUT2D eigenvalue weighted by molar-refractivity contribution is 5.96. The van der Waals surface area contributed by atoms with Crippen LogP contribution in [0.2, 0.25) is 0 Å². The lowest BCUT2D eigenvalue weighted by molar-refractivity contribution is -0.117. The van der Waals surface area contributed by atoms with Gasteiger partial charge in [-0.25, -0.2) is 4.79 Å². The third-order valence-corrected chi connectivity index (χ3v) is 5.72. The van der Waals surface area contributed by atoms with Crippen molar-refractivity contribution in [3.05, 3.63) is 60.2 Å². The van der Waals surface area contributed by atoms with E-state index in [0.717, 1.165) is 23.4 Å². The number of methoxy groups -OCH3 is 1. The van der Waals surface area contributed by atoms with Crippen molar-refractivity contribution in [3.63, 3.8) is 0 Å². The van der Waals surface area contributed by atoms with Gasteiger partial charge in [0.2, 0.25) is 5.91 Å². The van der Waals surface area contributed by atoms with Crippen molar-refractivity contribution in [2.24, 2.45) is 5.41 Å². The lowest BCUT2D eigenvalue weighted by Gasteiger charge is -2.24. The van der Waals surface area contributed by atoms with Gasteiger partial charge in [-0.1, -0.05) is 30.3 Å². The second-order valence-corrected chi connectivity index (χ2v) is 7.67. The van der Waals surface area contributed by atoms with E-state index in [1.54, 1.807) is 7.11 Å². The topological polar surface area (TPSA) is 61.9 Å². The molecule has 0 radical (unpaired) electrons. The molecule has 0 bridgehead atoms. The standard InChI is InChI=1S/C22H25N3O3/c1-28-19-9-7-18(8-10-19)25-16-22(13-20(25)26)11-12-24(15-22)21(27)23-14-17-5-3-2-4-6-17/h2-10H,11-16H2,1H3,(H,23,27). The molecule has 2 aromatic carbocycles. The Morgan fingerprint density at radius 3 is 2.57 bits per heavy atom. The number of carbonyl (C=O) groups is 2. The molecule has 2 aliphatic heterocycles. The Bertz CT molecular complexity index is 853. The number of likely N-dealkylation sites (tertiary alicyclic amines) is 1. The zero-order valence-electron chi connectivity index (χ0n) is 16.1. The van der Waals surface area contributed by atoms with Gasteiger partial charge in [-0.3, -0.25) is 4.79 Å². The molecule has 2 saturated heterocycles. The number of benzene rings is 2. The lowest BCUT2D eigenvalue weighted by atomic mass is 9.86. The van der Waals surface area contributed by atoms with Gasteiger partial charge in [-0.15, -0.1) is 0 Å². The fourth-order valence-corrected chi connectivity index (χ4v) is 4.16. The summed E-state index contributed by atoms with van der Waals surface area (Å²) in [6.07, 6.45) is 1.34. The van der Waals surface area contributed by atoms with Crippen LogP contribution in [0.15, 0.2) is 54.6 Å². The van der Waals surface area contributed by atoms with Crippen LogP contribution >= 0.6 is 0 Å². The molecule has 2 fully saturated rings. The highest BCUT2D eigenvalue weighted by atomic mass is 16.5. The molecule has 4 rings (SSSR count). The van der Waals surface area contributed by atoms with E-state index >= 15 is 0 Å². The van der Waals surface area contributed by atoms with Gasteiger partial charge in [-0.2, -0.15) is 0 Å². The summed E-state index contributed by atoms with van der Waals surface area (Å²) in [6, 6.07) is 17.4. The van der Waals surface area contributed by atoms with Crippen LogP contribution in [-0.2, 0) is 11.3 Å². The number of ether oxygens (including phenoxy) is 1. The highest BCUT2D eigenvalue weighted by Gasteiger charge is 2.48. The number of anilines is 1. The lowest BCUT2D eigenvalue weighted by Crippen LogP contribution is -2.40. The van der Waals surface area contributed by atoms with Gasteiger partial charge in [-0.05, 0) is 36.2 Å². The van der Waals surface area contributed by atoms with Crippen LogP contribution in [0.5, 0.6) is 5.75 Å².